The van der Waals surface area contributed by atoms with E-state index in [2.05, 4.69) is 4.98 Å². The summed E-state index contributed by atoms with van der Waals surface area (Å²) in [6, 6.07) is 0. The van der Waals surface area contributed by atoms with E-state index in [0.29, 0.717) is 6.29 Å². The van der Waals surface area contributed by atoms with Crippen LogP contribution in [0.1, 0.15) is 15.5 Å². The molecule has 0 atom stereocenters. The zero-order chi connectivity index (χ0) is 9.19. The summed E-state index contributed by atoms with van der Waals surface area (Å²) in [6.45, 7) is 0. The van der Waals surface area contributed by atoms with Gasteiger partial charge in [0.1, 0.15) is 10.7 Å². The smallest absolute Gasteiger partial charge is 0.296 e. The van der Waals surface area contributed by atoms with Gasteiger partial charge in [0.2, 0.25) is 0 Å². The van der Waals surface area contributed by atoms with Crippen LogP contribution in [-0.2, 0) is 6.42 Å². The standard InChI is InChI=1S/C6H4F3NOS/c7-6(8,9)1-5-10-4(2-11)3-12-5/h2-3H,1H2. The van der Waals surface area contributed by atoms with Crippen LogP contribution in [0.3, 0.4) is 0 Å². The first-order chi connectivity index (χ1) is 5.51. The van der Waals surface area contributed by atoms with Crippen molar-refractivity contribution in [2.24, 2.45) is 0 Å². The molecule has 66 valence electrons. The van der Waals surface area contributed by atoms with Crippen molar-refractivity contribution in [1.82, 2.24) is 4.98 Å². The molecule has 12 heavy (non-hydrogen) atoms. The van der Waals surface area contributed by atoms with E-state index in [0.717, 1.165) is 11.3 Å². The highest BCUT2D eigenvalue weighted by Gasteiger charge is 2.29. The SMILES string of the molecule is O=Cc1csc(CC(F)(F)F)n1. The molecule has 0 saturated heterocycles. The van der Waals surface area contributed by atoms with Crippen molar-refractivity contribution in [1.29, 1.82) is 0 Å². The molecule has 0 fully saturated rings. The summed E-state index contributed by atoms with van der Waals surface area (Å²) < 4.78 is 35.2. The molecule has 1 rings (SSSR count). The van der Waals surface area contributed by atoms with Gasteiger partial charge < -0.3 is 0 Å². The molecular weight excluding hydrogens is 191 g/mol. The normalized spacial score (nSPS) is 11.6. The van der Waals surface area contributed by atoms with Gasteiger partial charge in [0, 0.05) is 5.38 Å². The summed E-state index contributed by atoms with van der Waals surface area (Å²) in [4.78, 5) is 13.5. The van der Waals surface area contributed by atoms with Gasteiger partial charge in [-0.15, -0.1) is 11.3 Å². The van der Waals surface area contributed by atoms with Gasteiger partial charge in [-0.1, -0.05) is 0 Å². The highest BCUT2D eigenvalue weighted by molar-refractivity contribution is 7.09. The van der Waals surface area contributed by atoms with Crippen LogP contribution in [0.4, 0.5) is 13.2 Å². The molecule has 0 aliphatic rings. The number of rotatable bonds is 2. The number of carbonyl (C=O) groups excluding carboxylic acids is 1. The predicted molar refractivity (Wildman–Crippen MR) is 37.3 cm³/mol. The average molecular weight is 195 g/mol. The van der Waals surface area contributed by atoms with E-state index >= 15 is 0 Å². The quantitative estimate of drug-likeness (QED) is 0.676. The average Bonchev–Trinajstić information content (AvgIpc) is 2.32. The van der Waals surface area contributed by atoms with Crippen molar-refractivity contribution in [3.8, 4) is 0 Å². The lowest BCUT2D eigenvalue weighted by atomic mass is 10.4. The summed E-state index contributed by atoms with van der Waals surface area (Å²) in [5.41, 5.74) is 0.0549. The Morgan fingerprint density at radius 3 is 2.67 bits per heavy atom. The van der Waals surface area contributed by atoms with Crippen LogP contribution < -0.4 is 0 Å². The summed E-state index contributed by atoms with van der Waals surface area (Å²) in [5, 5.41) is 1.22. The highest BCUT2D eigenvalue weighted by atomic mass is 32.1. The molecule has 1 aromatic rings. The van der Waals surface area contributed by atoms with E-state index in [1.807, 2.05) is 0 Å². The van der Waals surface area contributed by atoms with Crippen molar-refractivity contribution in [3.05, 3.63) is 16.1 Å². The molecule has 0 N–H and O–H groups in total. The minimum atomic E-state index is -4.25. The van der Waals surface area contributed by atoms with E-state index in [1.165, 1.54) is 5.38 Å². The number of nitrogens with zero attached hydrogens (tertiary/aromatic N) is 1. The van der Waals surface area contributed by atoms with Gasteiger partial charge in [0.05, 0.1) is 6.42 Å². The van der Waals surface area contributed by atoms with Gasteiger partial charge in [-0.05, 0) is 0 Å². The van der Waals surface area contributed by atoms with Crippen LogP contribution in [0, 0.1) is 0 Å². The topological polar surface area (TPSA) is 30.0 Å². The van der Waals surface area contributed by atoms with Gasteiger partial charge in [-0.2, -0.15) is 13.2 Å². The number of aldehydes is 1. The first-order valence-electron chi connectivity index (χ1n) is 2.97. The Hall–Kier alpha value is -0.910. The zero-order valence-corrected chi connectivity index (χ0v) is 6.58. The van der Waals surface area contributed by atoms with Crippen LogP contribution >= 0.6 is 11.3 Å². The molecule has 0 saturated carbocycles. The fourth-order valence-electron chi connectivity index (χ4n) is 0.632. The van der Waals surface area contributed by atoms with Crippen LogP contribution in [0.2, 0.25) is 0 Å². The predicted octanol–water partition coefficient (Wildman–Crippen LogP) is 2.06. The first kappa shape index (κ1) is 9.18. The van der Waals surface area contributed by atoms with E-state index in [4.69, 9.17) is 0 Å². The van der Waals surface area contributed by atoms with Crippen molar-refractivity contribution in [2.75, 3.05) is 0 Å². The Morgan fingerprint density at radius 1 is 1.58 bits per heavy atom. The Kier molecular flexibility index (Phi) is 2.46. The third kappa shape index (κ3) is 2.61. The second kappa shape index (κ2) is 3.22. The summed E-state index contributed by atoms with van der Waals surface area (Å²) >= 11 is 0.839. The second-order valence-corrected chi connectivity index (χ2v) is 3.02. The van der Waals surface area contributed by atoms with Crippen molar-refractivity contribution < 1.29 is 18.0 Å². The lowest BCUT2D eigenvalue weighted by Crippen LogP contribution is -2.11. The fraction of sp³-hybridized carbons (Fsp3) is 0.333. The Balaban J connectivity index is 2.70. The number of aromatic nitrogens is 1. The molecule has 0 aliphatic carbocycles. The maximum atomic E-state index is 11.7. The highest BCUT2D eigenvalue weighted by Crippen LogP contribution is 2.22. The summed E-state index contributed by atoms with van der Waals surface area (Å²) in [7, 11) is 0. The molecule has 0 radical (unpaired) electrons. The lowest BCUT2D eigenvalue weighted by Gasteiger charge is -2.00. The van der Waals surface area contributed by atoms with E-state index in [-0.39, 0.29) is 10.7 Å². The van der Waals surface area contributed by atoms with Crippen molar-refractivity contribution >= 4 is 17.6 Å². The van der Waals surface area contributed by atoms with Gasteiger partial charge >= 0.3 is 6.18 Å². The third-order valence-electron chi connectivity index (χ3n) is 1.04. The Bertz CT molecular complexity index is 281. The molecule has 2 nitrogen and oxygen atoms in total. The second-order valence-electron chi connectivity index (χ2n) is 2.08. The van der Waals surface area contributed by atoms with Gasteiger partial charge in [0.15, 0.2) is 6.29 Å². The number of alkyl halides is 3. The van der Waals surface area contributed by atoms with E-state index < -0.39 is 12.6 Å². The number of thiazole rings is 1. The molecule has 0 bridgehead atoms. The minimum Gasteiger partial charge on any atom is -0.296 e. The Morgan fingerprint density at radius 2 is 2.25 bits per heavy atom. The number of carbonyl (C=O) groups is 1. The molecule has 0 aromatic carbocycles. The lowest BCUT2D eigenvalue weighted by molar-refractivity contribution is -0.127. The molecule has 6 heteroatoms. The molecule has 0 unspecified atom stereocenters. The largest absolute Gasteiger partial charge is 0.395 e. The number of hydrogen-bond acceptors (Lipinski definition) is 3. The maximum Gasteiger partial charge on any atom is 0.395 e. The molecule has 0 aliphatic heterocycles. The molecule has 1 aromatic heterocycles. The molecular formula is C6H4F3NOS. The zero-order valence-electron chi connectivity index (χ0n) is 5.76. The van der Waals surface area contributed by atoms with E-state index in [9.17, 15) is 18.0 Å². The molecule has 0 amide bonds. The van der Waals surface area contributed by atoms with Crippen molar-refractivity contribution in [2.45, 2.75) is 12.6 Å². The first-order valence-corrected chi connectivity index (χ1v) is 3.85. The van der Waals surface area contributed by atoms with Gasteiger partial charge in [-0.3, -0.25) is 4.79 Å². The van der Waals surface area contributed by atoms with Crippen LogP contribution in [0.5, 0.6) is 0 Å². The summed E-state index contributed by atoms with van der Waals surface area (Å²) in [5.74, 6) is 0. The van der Waals surface area contributed by atoms with Gasteiger partial charge in [0.25, 0.3) is 0 Å². The number of halogens is 3. The minimum absolute atomic E-state index is 0.0549. The fourth-order valence-corrected chi connectivity index (χ4v) is 1.40. The number of hydrogen-bond donors (Lipinski definition) is 0. The summed E-state index contributed by atoms with van der Waals surface area (Å²) in [6.07, 6.45) is -4.89. The molecule has 0 spiro atoms. The van der Waals surface area contributed by atoms with Crippen LogP contribution in [0.25, 0.3) is 0 Å². The maximum absolute atomic E-state index is 11.7. The Labute approximate surface area is 70.0 Å². The van der Waals surface area contributed by atoms with Crippen LogP contribution in [0.15, 0.2) is 5.38 Å². The van der Waals surface area contributed by atoms with Crippen molar-refractivity contribution in [3.63, 3.8) is 0 Å². The van der Waals surface area contributed by atoms with Gasteiger partial charge in [-0.25, -0.2) is 4.98 Å². The van der Waals surface area contributed by atoms with E-state index in [1.54, 1.807) is 0 Å². The van der Waals surface area contributed by atoms with Crippen LogP contribution in [-0.4, -0.2) is 17.4 Å². The third-order valence-corrected chi connectivity index (χ3v) is 1.91. The monoisotopic (exact) mass is 195 g/mol. The molecule has 1 heterocycles.